The monoisotopic (exact) mass is 423 g/mol. The van der Waals surface area contributed by atoms with E-state index < -0.39 is 0 Å². The van der Waals surface area contributed by atoms with Crippen LogP contribution in [0.25, 0.3) is 0 Å². The molecule has 0 radical (unpaired) electrons. The van der Waals surface area contributed by atoms with Crippen molar-refractivity contribution in [3.8, 4) is 0 Å². The van der Waals surface area contributed by atoms with Gasteiger partial charge in [0, 0.05) is 32.8 Å². The molecule has 0 aromatic heterocycles. The number of likely N-dealkylation sites (tertiary alicyclic amines) is 2. The molecule has 2 saturated heterocycles. The molecule has 0 bridgehead atoms. The molecule has 3 rings (SSSR count). The number of hydrogen-bond acceptors (Lipinski definition) is 4. The van der Waals surface area contributed by atoms with Gasteiger partial charge in [0.05, 0.1) is 18.4 Å². The third-order valence-corrected chi connectivity index (χ3v) is 5.78. The molecule has 2 heterocycles. The lowest BCUT2D eigenvalue weighted by molar-refractivity contribution is -0.142. The number of benzene rings is 1. The Hall–Kier alpha value is -1.63. The minimum absolute atomic E-state index is 0. The molecule has 1 aromatic carbocycles. The van der Waals surface area contributed by atoms with Gasteiger partial charge in [0.25, 0.3) is 0 Å². The lowest BCUT2D eigenvalue weighted by Crippen LogP contribution is -2.49. The molecule has 7 heteroatoms. The summed E-state index contributed by atoms with van der Waals surface area (Å²) in [5, 5.41) is 0. The minimum Gasteiger partial charge on any atom is -0.378 e. The van der Waals surface area contributed by atoms with Gasteiger partial charge < -0.3 is 20.3 Å². The lowest BCUT2D eigenvalue weighted by atomic mass is 9.94. The summed E-state index contributed by atoms with van der Waals surface area (Å²) in [5.41, 5.74) is 6.53. The Balaban J connectivity index is 0.00000300. The molecule has 2 fully saturated rings. The van der Waals surface area contributed by atoms with Crippen molar-refractivity contribution in [3.05, 3.63) is 35.9 Å². The topological polar surface area (TPSA) is 75.9 Å². The van der Waals surface area contributed by atoms with E-state index in [2.05, 4.69) is 0 Å². The van der Waals surface area contributed by atoms with Crippen LogP contribution in [0.15, 0.2) is 30.3 Å². The molecular formula is C22H34ClN3O3. The summed E-state index contributed by atoms with van der Waals surface area (Å²) in [6, 6.07) is 9.81. The van der Waals surface area contributed by atoms with Gasteiger partial charge >= 0.3 is 0 Å². The summed E-state index contributed by atoms with van der Waals surface area (Å²) in [4.78, 5) is 29.5. The van der Waals surface area contributed by atoms with Gasteiger partial charge in [0.15, 0.2) is 0 Å². The van der Waals surface area contributed by atoms with E-state index in [-0.39, 0.29) is 36.2 Å². The van der Waals surface area contributed by atoms with Gasteiger partial charge in [-0.15, -0.1) is 12.4 Å². The van der Waals surface area contributed by atoms with E-state index in [4.69, 9.17) is 10.5 Å². The van der Waals surface area contributed by atoms with Crippen molar-refractivity contribution in [1.29, 1.82) is 0 Å². The first kappa shape index (κ1) is 23.6. The molecule has 1 atom stereocenters. The molecule has 162 valence electrons. The average molecular weight is 424 g/mol. The Labute approximate surface area is 180 Å². The second-order valence-corrected chi connectivity index (χ2v) is 7.88. The Morgan fingerprint density at radius 3 is 2.45 bits per heavy atom. The summed E-state index contributed by atoms with van der Waals surface area (Å²) < 4.78 is 5.83. The van der Waals surface area contributed by atoms with Crippen molar-refractivity contribution in [2.45, 2.75) is 44.6 Å². The molecule has 0 aliphatic carbocycles. The Kier molecular flexibility index (Phi) is 9.91. The quantitative estimate of drug-likeness (QED) is 0.682. The average Bonchev–Trinajstić information content (AvgIpc) is 2.75. The maximum absolute atomic E-state index is 13.0. The van der Waals surface area contributed by atoms with Crippen LogP contribution in [-0.4, -0.2) is 67.0 Å². The zero-order valence-corrected chi connectivity index (χ0v) is 17.9. The number of rotatable bonds is 7. The number of piperidine rings is 2. The second-order valence-electron chi connectivity index (χ2n) is 7.88. The van der Waals surface area contributed by atoms with Crippen LogP contribution in [-0.2, 0) is 20.7 Å². The van der Waals surface area contributed by atoms with Crippen LogP contribution in [0.5, 0.6) is 0 Å². The normalized spacial score (nSPS) is 20.2. The van der Waals surface area contributed by atoms with E-state index in [0.717, 1.165) is 57.3 Å². The van der Waals surface area contributed by atoms with E-state index in [1.165, 1.54) is 0 Å². The Morgan fingerprint density at radius 1 is 1.03 bits per heavy atom. The smallest absolute Gasteiger partial charge is 0.227 e. The van der Waals surface area contributed by atoms with Gasteiger partial charge in [0.1, 0.15) is 0 Å². The second kappa shape index (κ2) is 12.2. The van der Waals surface area contributed by atoms with Crippen molar-refractivity contribution < 1.29 is 14.3 Å². The van der Waals surface area contributed by atoms with Crippen LogP contribution >= 0.6 is 12.4 Å². The van der Waals surface area contributed by atoms with Gasteiger partial charge in [-0.3, -0.25) is 9.59 Å². The molecule has 29 heavy (non-hydrogen) atoms. The standard InChI is InChI=1S/C22H33N3O3.ClH/c23-11-5-15-28-20-9-13-24(14-10-20)22(27)19-8-4-12-25(17-19)21(26)16-18-6-2-1-3-7-18;/h1-3,6-7,19-20H,4-5,8-17,23H2;1H. The fourth-order valence-corrected chi connectivity index (χ4v) is 4.12. The highest BCUT2D eigenvalue weighted by Gasteiger charge is 2.33. The van der Waals surface area contributed by atoms with Gasteiger partial charge in [-0.1, -0.05) is 30.3 Å². The largest absolute Gasteiger partial charge is 0.378 e. The summed E-state index contributed by atoms with van der Waals surface area (Å²) >= 11 is 0. The maximum atomic E-state index is 13.0. The predicted molar refractivity (Wildman–Crippen MR) is 116 cm³/mol. The number of amides is 2. The molecule has 2 aliphatic heterocycles. The molecule has 0 saturated carbocycles. The highest BCUT2D eigenvalue weighted by molar-refractivity contribution is 5.85. The van der Waals surface area contributed by atoms with Crippen molar-refractivity contribution in [2.75, 3.05) is 39.3 Å². The lowest BCUT2D eigenvalue weighted by Gasteiger charge is -2.38. The first-order chi connectivity index (χ1) is 13.7. The minimum atomic E-state index is -0.0665. The fourth-order valence-electron chi connectivity index (χ4n) is 4.12. The Morgan fingerprint density at radius 2 is 1.76 bits per heavy atom. The third-order valence-electron chi connectivity index (χ3n) is 5.78. The SMILES string of the molecule is Cl.NCCCOC1CCN(C(=O)C2CCCN(C(=O)Cc3ccccc3)C2)CC1. The number of halogens is 1. The van der Waals surface area contributed by atoms with Crippen LogP contribution in [0, 0.1) is 5.92 Å². The van der Waals surface area contributed by atoms with Gasteiger partial charge in [-0.05, 0) is 44.2 Å². The van der Waals surface area contributed by atoms with E-state index in [9.17, 15) is 9.59 Å². The van der Waals surface area contributed by atoms with Crippen LogP contribution in [0.2, 0.25) is 0 Å². The van der Waals surface area contributed by atoms with Crippen LogP contribution in [0.3, 0.4) is 0 Å². The molecule has 2 aliphatic rings. The summed E-state index contributed by atoms with van der Waals surface area (Å²) in [5.74, 6) is 0.261. The zero-order chi connectivity index (χ0) is 19.8. The first-order valence-corrected chi connectivity index (χ1v) is 10.6. The molecule has 6 nitrogen and oxygen atoms in total. The van der Waals surface area contributed by atoms with Gasteiger partial charge in [-0.2, -0.15) is 0 Å². The Bertz CT molecular complexity index is 635. The summed E-state index contributed by atoms with van der Waals surface area (Å²) in [6.07, 6.45) is 5.09. The highest BCUT2D eigenvalue weighted by Crippen LogP contribution is 2.23. The molecular weight excluding hydrogens is 390 g/mol. The highest BCUT2D eigenvalue weighted by atomic mass is 35.5. The summed E-state index contributed by atoms with van der Waals surface area (Å²) in [6.45, 7) is 4.17. The van der Waals surface area contributed by atoms with Gasteiger partial charge in [0.2, 0.25) is 11.8 Å². The number of carbonyl (C=O) groups excluding carboxylic acids is 2. The van der Waals surface area contributed by atoms with Crippen molar-refractivity contribution in [1.82, 2.24) is 9.80 Å². The molecule has 2 N–H and O–H groups in total. The molecule has 1 unspecified atom stereocenters. The van der Waals surface area contributed by atoms with Crippen LogP contribution < -0.4 is 5.73 Å². The van der Waals surface area contributed by atoms with E-state index in [0.29, 0.717) is 26.1 Å². The molecule has 0 spiro atoms. The van der Waals surface area contributed by atoms with Crippen molar-refractivity contribution in [3.63, 3.8) is 0 Å². The molecule has 2 amide bonds. The van der Waals surface area contributed by atoms with E-state index in [1.54, 1.807) is 0 Å². The van der Waals surface area contributed by atoms with Crippen molar-refractivity contribution in [2.24, 2.45) is 11.7 Å². The fraction of sp³-hybridized carbons (Fsp3) is 0.636. The van der Waals surface area contributed by atoms with Crippen LogP contribution in [0.1, 0.15) is 37.7 Å². The first-order valence-electron chi connectivity index (χ1n) is 10.6. The maximum Gasteiger partial charge on any atom is 0.227 e. The van der Waals surface area contributed by atoms with Crippen molar-refractivity contribution >= 4 is 24.2 Å². The summed E-state index contributed by atoms with van der Waals surface area (Å²) in [7, 11) is 0. The zero-order valence-electron chi connectivity index (χ0n) is 17.1. The third kappa shape index (κ3) is 6.98. The van der Waals surface area contributed by atoms with Crippen LogP contribution in [0.4, 0.5) is 0 Å². The number of hydrogen-bond donors (Lipinski definition) is 1. The number of ether oxygens (including phenoxy) is 1. The predicted octanol–water partition coefficient (Wildman–Crippen LogP) is 2.25. The number of carbonyl (C=O) groups is 2. The number of nitrogens with zero attached hydrogens (tertiary/aromatic N) is 2. The van der Waals surface area contributed by atoms with E-state index in [1.807, 2.05) is 40.1 Å². The number of nitrogens with two attached hydrogens (primary N) is 1. The van der Waals surface area contributed by atoms with Gasteiger partial charge in [-0.25, -0.2) is 0 Å². The molecule has 1 aromatic rings. The van der Waals surface area contributed by atoms with E-state index >= 15 is 0 Å².